The summed E-state index contributed by atoms with van der Waals surface area (Å²) in [7, 11) is 0. The van der Waals surface area contributed by atoms with Gasteiger partial charge in [0.05, 0.1) is 10.6 Å². The summed E-state index contributed by atoms with van der Waals surface area (Å²) in [5.41, 5.74) is 15.7. The SMILES string of the molecule is NC(N)=Nc1cccc(C(=O)NNC(C(=O)O)C(CC=O)c2cccc([N+](=O)[O-])c2)c1. The number of nitrogens with one attached hydrogen (secondary N) is 2. The van der Waals surface area contributed by atoms with Gasteiger partial charge in [-0.25, -0.2) is 10.4 Å². The molecule has 0 spiro atoms. The quantitative estimate of drug-likeness (QED) is 0.118. The van der Waals surface area contributed by atoms with Crippen LogP contribution in [0.15, 0.2) is 53.5 Å². The van der Waals surface area contributed by atoms with Crippen molar-refractivity contribution in [1.29, 1.82) is 0 Å². The molecule has 0 saturated heterocycles. The second-order valence-electron chi connectivity index (χ2n) is 6.36. The van der Waals surface area contributed by atoms with Gasteiger partial charge in [0.1, 0.15) is 12.3 Å². The summed E-state index contributed by atoms with van der Waals surface area (Å²) < 4.78 is 0. The van der Waals surface area contributed by atoms with Crippen LogP contribution in [0.1, 0.15) is 28.3 Å². The number of non-ortho nitro benzene ring substituents is 1. The molecule has 0 aliphatic rings. The standard InChI is InChI=1S/C19H20N6O6/c20-19(21)22-13-5-1-4-12(9-13)17(27)24-23-16(18(28)29)15(7-8-26)11-3-2-6-14(10-11)25(30)31/h1-6,8-10,15-16,23H,7H2,(H,24,27)(H,28,29)(H4,20,21,22). The molecule has 2 atom stereocenters. The molecule has 2 unspecified atom stereocenters. The van der Waals surface area contributed by atoms with Crippen molar-refractivity contribution in [2.75, 3.05) is 0 Å². The molecular formula is C19H20N6O6. The molecule has 0 aromatic heterocycles. The highest BCUT2D eigenvalue weighted by Crippen LogP contribution is 2.26. The van der Waals surface area contributed by atoms with Gasteiger partial charge in [0.15, 0.2) is 5.96 Å². The van der Waals surface area contributed by atoms with E-state index in [9.17, 15) is 29.6 Å². The van der Waals surface area contributed by atoms with Crippen molar-refractivity contribution in [2.45, 2.75) is 18.4 Å². The molecule has 12 nitrogen and oxygen atoms in total. The van der Waals surface area contributed by atoms with E-state index in [0.29, 0.717) is 12.0 Å². The molecule has 0 heterocycles. The Labute approximate surface area is 176 Å². The van der Waals surface area contributed by atoms with E-state index in [1.807, 2.05) is 0 Å². The van der Waals surface area contributed by atoms with Crippen molar-refractivity contribution in [2.24, 2.45) is 16.5 Å². The van der Waals surface area contributed by atoms with E-state index in [0.717, 1.165) is 0 Å². The molecule has 0 aliphatic heterocycles. The molecule has 31 heavy (non-hydrogen) atoms. The topological polar surface area (TPSA) is 203 Å². The average Bonchev–Trinajstić information content (AvgIpc) is 2.72. The van der Waals surface area contributed by atoms with Crippen LogP contribution in [-0.4, -0.2) is 40.2 Å². The molecular weight excluding hydrogens is 408 g/mol. The first kappa shape index (κ1) is 23.0. The minimum Gasteiger partial charge on any atom is -0.480 e. The summed E-state index contributed by atoms with van der Waals surface area (Å²) in [4.78, 5) is 49.6. The summed E-state index contributed by atoms with van der Waals surface area (Å²) in [6.07, 6.45) is 0.253. The zero-order valence-electron chi connectivity index (χ0n) is 16.1. The van der Waals surface area contributed by atoms with E-state index >= 15 is 0 Å². The minimum absolute atomic E-state index is 0.140. The Balaban J connectivity index is 2.24. The van der Waals surface area contributed by atoms with Crippen LogP contribution in [0.2, 0.25) is 0 Å². The number of benzene rings is 2. The second-order valence-corrected chi connectivity index (χ2v) is 6.36. The molecule has 7 N–H and O–H groups in total. The van der Waals surface area contributed by atoms with Gasteiger partial charge in [-0.2, -0.15) is 0 Å². The van der Waals surface area contributed by atoms with E-state index in [2.05, 4.69) is 15.8 Å². The van der Waals surface area contributed by atoms with E-state index < -0.39 is 28.8 Å². The first-order valence-electron chi connectivity index (χ1n) is 8.89. The van der Waals surface area contributed by atoms with Crippen LogP contribution in [0.4, 0.5) is 11.4 Å². The predicted molar refractivity (Wildman–Crippen MR) is 110 cm³/mol. The maximum Gasteiger partial charge on any atom is 0.323 e. The molecule has 2 aromatic carbocycles. The third-order valence-corrected chi connectivity index (χ3v) is 4.24. The number of hydrazine groups is 1. The Morgan fingerprint density at radius 2 is 1.90 bits per heavy atom. The van der Waals surface area contributed by atoms with Crippen molar-refractivity contribution in [1.82, 2.24) is 10.9 Å². The van der Waals surface area contributed by atoms with Gasteiger partial charge in [-0.15, -0.1) is 0 Å². The molecule has 162 valence electrons. The van der Waals surface area contributed by atoms with Crippen LogP contribution in [0.25, 0.3) is 0 Å². The molecule has 2 aromatic rings. The first-order valence-corrected chi connectivity index (χ1v) is 8.89. The van der Waals surface area contributed by atoms with Gasteiger partial charge < -0.3 is 21.4 Å². The molecule has 0 saturated carbocycles. The number of aliphatic imine (C=N–C) groups is 1. The van der Waals surface area contributed by atoms with Gasteiger partial charge in [-0.3, -0.25) is 25.1 Å². The first-order chi connectivity index (χ1) is 14.7. The van der Waals surface area contributed by atoms with Crippen LogP contribution in [0, 0.1) is 10.1 Å². The number of aliphatic carboxylic acids is 1. The number of hydrogen-bond donors (Lipinski definition) is 5. The fourth-order valence-corrected chi connectivity index (χ4v) is 2.85. The summed E-state index contributed by atoms with van der Waals surface area (Å²) in [6, 6.07) is 9.78. The third kappa shape index (κ3) is 6.33. The van der Waals surface area contributed by atoms with Crippen LogP contribution < -0.4 is 22.3 Å². The number of carboxylic acids is 1. The Morgan fingerprint density at radius 3 is 2.52 bits per heavy atom. The maximum absolute atomic E-state index is 12.4. The van der Waals surface area contributed by atoms with Crippen LogP contribution in [0.3, 0.4) is 0 Å². The second kappa shape index (κ2) is 10.5. The number of carbonyl (C=O) groups excluding carboxylic acids is 2. The number of amides is 1. The highest BCUT2D eigenvalue weighted by molar-refractivity contribution is 5.95. The van der Waals surface area contributed by atoms with Gasteiger partial charge >= 0.3 is 5.97 Å². The number of aldehydes is 1. The van der Waals surface area contributed by atoms with E-state index in [1.165, 1.54) is 42.5 Å². The van der Waals surface area contributed by atoms with Crippen LogP contribution in [0.5, 0.6) is 0 Å². The predicted octanol–water partition coefficient (Wildman–Crippen LogP) is 0.560. The van der Waals surface area contributed by atoms with Crippen molar-refractivity contribution >= 4 is 35.5 Å². The number of nitrogens with zero attached hydrogens (tertiary/aromatic N) is 2. The number of rotatable bonds is 10. The monoisotopic (exact) mass is 428 g/mol. The number of guanidine groups is 1. The van der Waals surface area contributed by atoms with Gasteiger partial charge in [0.25, 0.3) is 11.6 Å². The Kier molecular flexibility index (Phi) is 7.74. The number of hydrogen-bond acceptors (Lipinski definition) is 7. The summed E-state index contributed by atoms with van der Waals surface area (Å²) in [6.45, 7) is 0. The van der Waals surface area contributed by atoms with Crippen molar-refractivity contribution in [3.05, 3.63) is 69.8 Å². The lowest BCUT2D eigenvalue weighted by atomic mass is 9.89. The number of nitrogens with two attached hydrogens (primary N) is 2. The van der Waals surface area contributed by atoms with Gasteiger partial charge in [0.2, 0.25) is 0 Å². The van der Waals surface area contributed by atoms with E-state index in [4.69, 9.17) is 11.5 Å². The number of nitro groups is 1. The Hall–Kier alpha value is -4.32. The van der Waals surface area contributed by atoms with Gasteiger partial charge in [-0.05, 0) is 23.8 Å². The van der Waals surface area contributed by atoms with Gasteiger partial charge in [-0.1, -0.05) is 18.2 Å². The summed E-state index contributed by atoms with van der Waals surface area (Å²) >= 11 is 0. The zero-order valence-corrected chi connectivity index (χ0v) is 16.1. The lowest BCUT2D eigenvalue weighted by Gasteiger charge is -2.24. The lowest BCUT2D eigenvalue weighted by molar-refractivity contribution is -0.384. The lowest BCUT2D eigenvalue weighted by Crippen LogP contribution is -2.51. The fraction of sp³-hybridized carbons (Fsp3) is 0.158. The highest BCUT2D eigenvalue weighted by Gasteiger charge is 2.30. The molecule has 1 amide bonds. The molecule has 0 radical (unpaired) electrons. The Morgan fingerprint density at radius 1 is 1.19 bits per heavy atom. The normalized spacial score (nSPS) is 12.3. The van der Waals surface area contributed by atoms with E-state index in [-0.39, 0.29) is 29.2 Å². The van der Waals surface area contributed by atoms with Crippen molar-refractivity contribution in [3.63, 3.8) is 0 Å². The summed E-state index contributed by atoms with van der Waals surface area (Å²) in [5.74, 6) is -3.23. The van der Waals surface area contributed by atoms with Crippen molar-refractivity contribution < 1.29 is 24.4 Å². The number of carboxylic acid groups (broad SMARTS) is 1. The highest BCUT2D eigenvalue weighted by atomic mass is 16.6. The molecule has 0 aliphatic carbocycles. The average molecular weight is 428 g/mol. The maximum atomic E-state index is 12.4. The zero-order chi connectivity index (χ0) is 23.0. The third-order valence-electron chi connectivity index (χ3n) is 4.24. The van der Waals surface area contributed by atoms with Crippen LogP contribution in [-0.2, 0) is 9.59 Å². The summed E-state index contributed by atoms with van der Waals surface area (Å²) in [5, 5.41) is 20.7. The Bertz CT molecular complexity index is 1020. The van der Waals surface area contributed by atoms with E-state index in [1.54, 1.807) is 6.07 Å². The smallest absolute Gasteiger partial charge is 0.323 e. The largest absolute Gasteiger partial charge is 0.480 e. The molecule has 0 fully saturated rings. The molecule has 2 rings (SSSR count). The van der Waals surface area contributed by atoms with Crippen LogP contribution >= 0.6 is 0 Å². The molecule has 0 bridgehead atoms. The number of carbonyl (C=O) groups is 3. The fourth-order valence-electron chi connectivity index (χ4n) is 2.85. The minimum atomic E-state index is -1.45. The van der Waals surface area contributed by atoms with Gasteiger partial charge in [0, 0.05) is 30.0 Å². The van der Waals surface area contributed by atoms with Crippen molar-refractivity contribution in [3.8, 4) is 0 Å². The number of nitro benzene ring substituents is 1. The molecule has 12 heteroatoms.